The molecule has 2 heterocycles. The lowest BCUT2D eigenvalue weighted by molar-refractivity contribution is 0.478. The van der Waals surface area contributed by atoms with Crippen molar-refractivity contribution >= 4 is 5.82 Å². The minimum Gasteiger partial charge on any atom is -0.444 e. The molecular weight excluding hydrogens is 182 g/mol. The Morgan fingerprint density at radius 2 is 2.36 bits per heavy atom. The monoisotopic (exact) mass is 193 g/mol. The quantitative estimate of drug-likeness (QED) is 0.778. The zero-order valence-corrected chi connectivity index (χ0v) is 8.06. The van der Waals surface area contributed by atoms with Crippen molar-refractivity contribution in [3.8, 4) is 0 Å². The minimum atomic E-state index is 0.537. The summed E-state index contributed by atoms with van der Waals surface area (Å²) in [5, 5.41) is 10.6. The number of aryl methyl sites for hydroxylation is 2. The predicted molar refractivity (Wildman–Crippen MR) is 49.6 cm³/mol. The molecule has 0 aromatic carbocycles. The number of anilines is 1. The van der Waals surface area contributed by atoms with Crippen LogP contribution < -0.4 is 5.32 Å². The summed E-state index contributed by atoms with van der Waals surface area (Å²) in [6, 6.07) is 0. The van der Waals surface area contributed by atoms with Crippen molar-refractivity contribution in [2.45, 2.75) is 13.5 Å². The summed E-state index contributed by atoms with van der Waals surface area (Å²) >= 11 is 0. The Morgan fingerprint density at radius 3 is 2.93 bits per heavy atom. The Kier molecular flexibility index (Phi) is 2.18. The maximum Gasteiger partial charge on any atom is 0.213 e. The molecular formula is C8H11N5O. The van der Waals surface area contributed by atoms with Gasteiger partial charge in [-0.3, -0.25) is 0 Å². The molecule has 6 nitrogen and oxygen atoms in total. The highest BCUT2D eigenvalue weighted by molar-refractivity contribution is 5.30. The van der Waals surface area contributed by atoms with Gasteiger partial charge in [0.15, 0.2) is 0 Å². The number of hydrogen-bond acceptors (Lipinski definition) is 5. The van der Waals surface area contributed by atoms with Crippen molar-refractivity contribution in [1.29, 1.82) is 0 Å². The molecule has 74 valence electrons. The van der Waals surface area contributed by atoms with E-state index in [0.717, 1.165) is 11.6 Å². The standard InChI is InChI=1S/C8H11N5O/c1-6-3-10-8(14-6)5-9-7-4-11-12-13(7)2/h3-4,9H,5H2,1-2H3. The summed E-state index contributed by atoms with van der Waals surface area (Å²) in [5.74, 6) is 2.30. The van der Waals surface area contributed by atoms with E-state index in [1.807, 2.05) is 14.0 Å². The first-order valence-corrected chi connectivity index (χ1v) is 4.25. The summed E-state index contributed by atoms with van der Waals surface area (Å²) in [4.78, 5) is 4.07. The van der Waals surface area contributed by atoms with Crippen LogP contribution in [-0.4, -0.2) is 20.0 Å². The van der Waals surface area contributed by atoms with Crippen LogP contribution in [0.2, 0.25) is 0 Å². The second-order valence-electron chi connectivity index (χ2n) is 2.96. The molecule has 14 heavy (non-hydrogen) atoms. The first-order chi connectivity index (χ1) is 6.75. The van der Waals surface area contributed by atoms with Crippen LogP contribution in [-0.2, 0) is 13.6 Å². The zero-order valence-electron chi connectivity index (χ0n) is 8.06. The minimum absolute atomic E-state index is 0.537. The molecule has 1 N–H and O–H groups in total. The van der Waals surface area contributed by atoms with Crippen LogP contribution in [0.3, 0.4) is 0 Å². The molecule has 2 rings (SSSR count). The predicted octanol–water partition coefficient (Wildman–Crippen LogP) is 0.724. The van der Waals surface area contributed by atoms with Gasteiger partial charge in [0.05, 0.1) is 18.9 Å². The van der Waals surface area contributed by atoms with E-state index in [4.69, 9.17) is 4.42 Å². The molecule has 0 saturated carbocycles. The van der Waals surface area contributed by atoms with Crippen LogP contribution in [0.25, 0.3) is 0 Å². The Morgan fingerprint density at radius 1 is 1.50 bits per heavy atom. The van der Waals surface area contributed by atoms with Crippen LogP contribution in [0.5, 0.6) is 0 Å². The van der Waals surface area contributed by atoms with Crippen LogP contribution in [0.4, 0.5) is 5.82 Å². The average molecular weight is 193 g/mol. The SMILES string of the molecule is Cc1cnc(CNc2cnnn2C)o1. The lowest BCUT2D eigenvalue weighted by atomic mass is 10.6. The first kappa shape index (κ1) is 8.74. The molecule has 2 aromatic heterocycles. The van der Waals surface area contributed by atoms with Crippen molar-refractivity contribution in [2.75, 3.05) is 5.32 Å². The van der Waals surface area contributed by atoms with Crippen molar-refractivity contribution < 1.29 is 4.42 Å². The van der Waals surface area contributed by atoms with Gasteiger partial charge in [-0.2, -0.15) is 0 Å². The Bertz CT molecular complexity index is 419. The molecule has 0 atom stereocenters. The summed E-state index contributed by atoms with van der Waals surface area (Å²) in [7, 11) is 1.82. The number of rotatable bonds is 3. The molecule has 0 amide bonds. The molecule has 6 heteroatoms. The first-order valence-electron chi connectivity index (χ1n) is 4.25. The van der Waals surface area contributed by atoms with Gasteiger partial charge in [-0.15, -0.1) is 5.10 Å². The fraction of sp³-hybridized carbons (Fsp3) is 0.375. The normalized spacial score (nSPS) is 10.4. The Hall–Kier alpha value is -1.85. The highest BCUT2D eigenvalue weighted by Crippen LogP contribution is 2.06. The van der Waals surface area contributed by atoms with Gasteiger partial charge in [-0.05, 0) is 6.92 Å². The van der Waals surface area contributed by atoms with Gasteiger partial charge < -0.3 is 9.73 Å². The topological polar surface area (TPSA) is 68.8 Å². The van der Waals surface area contributed by atoms with Crippen LogP contribution in [0.1, 0.15) is 11.7 Å². The van der Waals surface area contributed by atoms with E-state index < -0.39 is 0 Å². The number of nitrogens with zero attached hydrogens (tertiary/aromatic N) is 4. The Labute approximate surface area is 80.9 Å². The maximum absolute atomic E-state index is 5.30. The van der Waals surface area contributed by atoms with Crippen molar-refractivity contribution in [1.82, 2.24) is 20.0 Å². The van der Waals surface area contributed by atoms with E-state index >= 15 is 0 Å². The largest absolute Gasteiger partial charge is 0.444 e. The molecule has 2 aromatic rings. The van der Waals surface area contributed by atoms with Crippen molar-refractivity contribution in [2.24, 2.45) is 7.05 Å². The van der Waals surface area contributed by atoms with Gasteiger partial charge in [-0.25, -0.2) is 9.67 Å². The highest BCUT2D eigenvalue weighted by atomic mass is 16.4. The summed E-state index contributed by atoms with van der Waals surface area (Å²) in [6.07, 6.45) is 3.34. The van der Waals surface area contributed by atoms with E-state index in [1.165, 1.54) is 0 Å². The second-order valence-corrected chi connectivity index (χ2v) is 2.96. The van der Waals surface area contributed by atoms with E-state index in [2.05, 4.69) is 20.6 Å². The van der Waals surface area contributed by atoms with Crippen LogP contribution >= 0.6 is 0 Å². The van der Waals surface area contributed by atoms with E-state index in [9.17, 15) is 0 Å². The molecule has 0 aliphatic heterocycles. The van der Waals surface area contributed by atoms with Crippen molar-refractivity contribution in [3.63, 3.8) is 0 Å². The van der Waals surface area contributed by atoms with Gasteiger partial charge in [0.1, 0.15) is 11.6 Å². The average Bonchev–Trinajstić information content (AvgIpc) is 2.72. The van der Waals surface area contributed by atoms with Gasteiger partial charge >= 0.3 is 0 Å². The third-order valence-electron chi connectivity index (χ3n) is 1.80. The van der Waals surface area contributed by atoms with Gasteiger partial charge in [0.2, 0.25) is 5.89 Å². The maximum atomic E-state index is 5.30. The second kappa shape index (κ2) is 3.49. The summed E-state index contributed by atoms with van der Waals surface area (Å²) in [6.45, 7) is 2.40. The Balaban J connectivity index is 1.98. The zero-order chi connectivity index (χ0) is 9.97. The fourth-order valence-electron chi connectivity index (χ4n) is 1.10. The number of hydrogen-bond donors (Lipinski definition) is 1. The molecule has 0 bridgehead atoms. The van der Waals surface area contributed by atoms with Gasteiger partial charge in [0, 0.05) is 7.05 Å². The number of nitrogens with one attached hydrogen (secondary N) is 1. The molecule has 0 radical (unpaired) electrons. The van der Waals surface area contributed by atoms with Crippen LogP contribution in [0.15, 0.2) is 16.8 Å². The summed E-state index contributed by atoms with van der Waals surface area (Å²) in [5.41, 5.74) is 0. The summed E-state index contributed by atoms with van der Waals surface area (Å²) < 4.78 is 6.95. The molecule has 0 aliphatic rings. The van der Waals surface area contributed by atoms with Gasteiger partial charge in [0.25, 0.3) is 0 Å². The van der Waals surface area contributed by atoms with E-state index in [0.29, 0.717) is 12.4 Å². The molecule has 0 saturated heterocycles. The molecule has 0 spiro atoms. The van der Waals surface area contributed by atoms with Crippen LogP contribution in [0, 0.1) is 6.92 Å². The van der Waals surface area contributed by atoms with Gasteiger partial charge in [-0.1, -0.05) is 5.21 Å². The lowest BCUT2D eigenvalue weighted by Crippen LogP contribution is -2.04. The van der Waals surface area contributed by atoms with E-state index in [-0.39, 0.29) is 0 Å². The fourth-order valence-corrected chi connectivity index (χ4v) is 1.10. The number of aromatic nitrogens is 4. The smallest absolute Gasteiger partial charge is 0.213 e. The molecule has 0 unspecified atom stereocenters. The molecule has 0 fully saturated rings. The molecule has 0 aliphatic carbocycles. The van der Waals surface area contributed by atoms with E-state index in [1.54, 1.807) is 17.1 Å². The third-order valence-corrected chi connectivity index (χ3v) is 1.80. The van der Waals surface area contributed by atoms with Crippen molar-refractivity contribution in [3.05, 3.63) is 24.0 Å². The lowest BCUT2D eigenvalue weighted by Gasteiger charge is -2.01. The number of oxazole rings is 1. The third kappa shape index (κ3) is 1.73. The highest BCUT2D eigenvalue weighted by Gasteiger charge is 2.02.